The molecule has 20 heavy (non-hydrogen) atoms. The van der Waals surface area contributed by atoms with Gasteiger partial charge in [0.15, 0.2) is 0 Å². The van der Waals surface area contributed by atoms with Gasteiger partial charge in [-0.2, -0.15) is 0 Å². The van der Waals surface area contributed by atoms with Gasteiger partial charge in [0.1, 0.15) is 5.01 Å². The molecule has 3 nitrogen and oxygen atoms in total. The summed E-state index contributed by atoms with van der Waals surface area (Å²) in [5.74, 6) is 0. The van der Waals surface area contributed by atoms with E-state index < -0.39 is 0 Å². The van der Waals surface area contributed by atoms with E-state index in [-0.39, 0.29) is 0 Å². The molecule has 2 aromatic rings. The fourth-order valence-electron chi connectivity index (χ4n) is 2.72. The number of likely N-dealkylation sites (N-methyl/N-ethyl adjacent to an activating group) is 1. The average molecular weight is 287 g/mol. The van der Waals surface area contributed by atoms with Crippen LogP contribution in [0, 0.1) is 0 Å². The number of aromatic nitrogens is 1. The normalized spacial score (nSPS) is 19.6. The van der Waals surface area contributed by atoms with E-state index in [9.17, 15) is 0 Å². The molecule has 1 fully saturated rings. The molecule has 1 atom stereocenters. The molecule has 1 saturated heterocycles. The van der Waals surface area contributed by atoms with Crippen LogP contribution in [0.15, 0.2) is 35.7 Å². The van der Waals surface area contributed by atoms with Crippen LogP contribution in [-0.4, -0.2) is 36.1 Å². The van der Waals surface area contributed by atoms with Gasteiger partial charge in [-0.3, -0.25) is 0 Å². The summed E-state index contributed by atoms with van der Waals surface area (Å²) in [7, 11) is 2.22. The summed E-state index contributed by atoms with van der Waals surface area (Å²) >= 11 is 1.74. The summed E-state index contributed by atoms with van der Waals surface area (Å²) in [6.45, 7) is 3.18. The highest BCUT2D eigenvalue weighted by Gasteiger charge is 2.19. The molecule has 1 N–H and O–H groups in total. The third-order valence-corrected chi connectivity index (χ3v) is 4.80. The molecule has 0 aliphatic carbocycles. The zero-order valence-electron chi connectivity index (χ0n) is 11.9. The van der Waals surface area contributed by atoms with Crippen LogP contribution in [-0.2, 0) is 6.54 Å². The van der Waals surface area contributed by atoms with Gasteiger partial charge in [-0.15, -0.1) is 11.3 Å². The lowest BCUT2D eigenvalue weighted by molar-refractivity contribution is 0.300. The number of hydrogen-bond donors (Lipinski definition) is 1. The molecule has 1 aliphatic heterocycles. The van der Waals surface area contributed by atoms with Crippen molar-refractivity contribution < 1.29 is 0 Å². The minimum absolute atomic E-state index is 0.698. The molecule has 1 aliphatic rings. The lowest BCUT2D eigenvalue weighted by Crippen LogP contribution is -2.35. The fraction of sp³-hybridized carbons (Fsp3) is 0.438. The third-order valence-electron chi connectivity index (χ3n) is 3.95. The Morgan fingerprint density at radius 2 is 2.20 bits per heavy atom. The highest BCUT2D eigenvalue weighted by atomic mass is 32.1. The second kappa shape index (κ2) is 6.48. The van der Waals surface area contributed by atoms with E-state index in [0.717, 1.165) is 18.8 Å². The molecular weight excluding hydrogens is 266 g/mol. The Labute approximate surface area is 124 Å². The van der Waals surface area contributed by atoms with Crippen molar-refractivity contribution in [1.29, 1.82) is 0 Å². The first-order valence-corrected chi connectivity index (χ1v) is 8.11. The SMILES string of the molecule is CN1CCCC1CNCc1nc(-c2ccccc2)cs1. The number of thiazole rings is 1. The summed E-state index contributed by atoms with van der Waals surface area (Å²) in [6, 6.07) is 11.1. The van der Waals surface area contributed by atoms with Gasteiger partial charge in [0.2, 0.25) is 0 Å². The Bertz CT molecular complexity index is 538. The molecule has 0 saturated carbocycles. The highest BCUT2D eigenvalue weighted by molar-refractivity contribution is 7.09. The van der Waals surface area contributed by atoms with Crippen molar-refractivity contribution >= 4 is 11.3 Å². The van der Waals surface area contributed by atoms with E-state index in [2.05, 4.69) is 46.9 Å². The molecule has 0 radical (unpaired) electrons. The quantitative estimate of drug-likeness (QED) is 0.916. The number of benzene rings is 1. The first kappa shape index (κ1) is 13.7. The predicted molar refractivity (Wildman–Crippen MR) is 84.9 cm³/mol. The predicted octanol–water partition coefficient (Wildman–Crippen LogP) is 2.99. The maximum atomic E-state index is 4.71. The third kappa shape index (κ3) is 3.26. The fourth-order valence-corrected chi connectivity index (χ4v) is 3.49. The van der Waals surface area contributed by atoms with Crippen LogP contribution in [0.25, 0.3) is 11.3 Å². The Kier molecular flexibility index (Phi) is 4.45. The maximum Gasteiger partial charge on any atom is 0.107 e. The zero-order valence-corrected chi connectivity index (χ0v) is 12.7. The van der Waals surface area contributed by atoms with E-state index in [4.69, 9.17) is 4.98 Å². The number of hydrogen-bond acceptors (Lipinski definition) is 4. The van der Waals surface area contributed by atoms with Crippen molar-refractivity contribution in [3.63, 3.8) is 0 Å². The largest absolute Gasteiger partial charge is 0.309 e. The Morgan fingerprint density at radius 1 is 1.35 bits per heavy atom. The lowest BCUT2D eigenvalue weighted by atomic mass is 10.2. The molecule has 4 heteroatoms. The smallest absolute Gasteiger partial charge is 0.107 e. The van der Waals surface area contributed by atoms with Gasteiger partial charge in [-0.25, -0.2) is 4.98 Å². The first-order valence-electron chi connectivity index (χ1n) is 7.24. The maximum absolute atomic E-state index is 4.71. The molecule has 1 aromatic heterocycles. The number of nitrogens with zero attached hydrogens (tertiary/aromatic N) is 2. The van der Waals surface area contributed by atoms with E-state index in [0.29, 0.717) is 6.04 Å². The Balaban J connectivity index is 1.53. The minimum Gasteiger partial charge on any atom is -0.309 e. The second-order valence-electron chi connectivity index (χ2n) is 5.40. The van der Waals surface area contributed by atoms with Gasteiger partial charge < -0.3 is 10.2 Å². The van der Waals surface area contributed by atoms with Crippen LogP contribution >= 0.6 is 11.3 Å². The van der Waals surface area contributed by atoms with Gasteiger partial charge >= 0.3 is 0 Å². The summed E-state index contributed by atoms with van der Waals surface area (Å²) in [6.07, 6.45) is 2.65. The van der Waals surface area contributed by atoms with Gasteiger partial charge in [0.05, 0.1) is 5.69 Å². The van der Waals surface area contributed by atoms with E-state index in [1.165, 1.54) is 30.0 Å². The molecule has 0 spiro atoms. The van der Waals surface area contributed by atoms with E-state index in [1.54, 1.807) is 11.3 Å². The first-order chi connectivity index (χ1) is 9.83. The van der Waals surface area contributed by atoms with Crippen LogP contribution in [0.4, 0.5) is 0 Å². The van der Waals surface area contributed by atoms with Crippen LogP contribution in [0.2, 0.25) is 0 Å². The van der Waals surface area contributed by atoms with Crippen molar-refractivity contribution in [3.8, 4) is 11.3 Å². The molecule has 2 heterocycles. The summed E-state index contributed by atoms with van der Waals surface area (Å²) in [5, 5.41) is 6.86. The molecule has 0 amide bonds. The van der Waals surface area contributed by atoms with Crippen LogP contribution in [0.5, 0.6) is 0 Å². The Morgan fingerprint density at radius 3 is 2.95 bits per heavy atom. The van der Waals surface area contributed by atoms with Gasteiger partial charge in [0, 0.05) is 30.1 Å². The molecule has 1 unspecified atom stereocenters. The van der Waals surface area contributed by atoms with Gasteiger partial charge in [-0.1, -0.05) is 30.3 Å². The van der Waals surface area contributed by atoms with Crippen molar-refractivity contribution in [3.05, 3.63) is 40.7 Å². The molecule has 3 rings (SSSR count). The standard InChI is InChI=1S/C16H21N3S/c1-19-9-5-8-14(19)10-17-11-16-18-15(12-20-16)13-6-3-2-4-7-13/h2-4,6-7,12,14,17H,5,8-11H2,1H3. The summed E-state index contributed by atoms with van der Waals surface area (Å²) in [5.41, 5.74) is 2.29. The average Bonchev–Trinajstić information content (AvgIpc) is 3.10. The molecule has 1 aromatic carbocycles. The molecule has 0 bridgehead atoms. The van der Waals surface area contributed by atoms with E-state index >= 15 is 0 Å². The van der Waals surface area contributed by atoms with Crippen LogP contribution < -0.4 is 5.32 Å². The van der Waals surface area contributed by atoms with Crippen LogP contribution in [0.3, 0.4) is 0 Å². The number of likely N-dealkylation sites (tertiary alicyclic amines) is 1. The van der Waals surface area contributed by atoms with Crippen molar-refractivity contribution in [2.45, 2.75) is 25.4 Å². The molecular formula is C16H21N3S. The number of rotatable bonds is 5. The van der Waals surface area contributed by atoms with Crippen molar-refractivity contribution in [2.75, 3.05) is 20.1 Å². The van der Waals surface area contributed by atoms with Crippen molar-refractivity contribution in [1.82, 2.24) is 15.2 Å². The highest BCUT2D eigenvalue weighted by Crippen LogP contribution is 2.21. The topological polar surface area (TPSA) is 28.2 Å². The second-order valence-corrected chi connectivity index (χ2v) is 6.34. The zero-order chi connectivity index (χ0) is 13.8. The van der Waals surface area contributed by atoms with Crippen LogP contribution in [0.1, 0.15) is 17.8 Å². The summed E-state index contributed by atoms with van der Waals surface area (Å²) < 4.78 is 0. The van der Waals surface area contributed by atoms with Gasteiger partial charge in [-0.05, 0) is 26.4 Å². The Hall–Kier alpha value is -1.23. The molecule has 106 valence electrons. The monoisotopic (exact) mass is 287 g/mol. The summed E-state index contributed by atoms with van der Waals surface area (Å²) in [4.78, 5) is 7.15. The van der Waals surface area contributed by atoms with Gasteiger partial charge in [0.25, 0.3) is 0 Å². The number of nitrogens with one attached hydrogen (secondary N) is 1. The van der Waals surface area contributed by atoms with E-state index in [1.807, 2.05) is 6.07 Å². The lowest BCUT2D eigenvalue weighted by Gasteiger charge is -2.19. The van der Waals surface area contributed by atoms with Crippen molar-refractivity contribution in [2.24, 2.45) is 0 Å². The minimum atomic E-state index is 0.698.